The molecule has 11 aromatic carbocycles. The fraction of sp³-hybridized carbons (Fsp3) is 0.0143. The molecule has 0 saturated heterocycles. The molecular formula is C70H42N4OS. The van der Waals surface area contributed by atoms with Gasteiger partial charge in [0.05, 0.1) is 16.4 Å². The van der Waals surface area contributed by atoms with E-state index in [0.717, 1.165) is 49.8 Å². The summed E-state index contributed by atoms with van der Waals surface area (Å²) < 4.78 is 11.6. The second-order valence-corrected chi connectivity index (χ2v) is 20.9. The van der Waals surface area contributed by atoms with Gasteiger partial charge in [0.25, 0.3) is 0 Å². The van der Waals surface area contributed by atoms with Crippen molar-refractivity contribution >= 4 is 75.3 Å². The van der Waals surface area contributed by atoms with Gasteiger partial charge in [-0.15, -0.1) is 11.3 Å². The van der Waals surface area contributed by atoms with Crippen LogP contribution < -0.4 is 0 Å². The predicted octanol–water partition coefficient (Wildman–Crippen LogP) is 18.3. The molecule has 354 valence electrons. The SMILES string of the molecule is c1ccc(-c2nc(-c3ccc4c(c3)oc3ccc(-c5ccc6c(c5)sc5ccc(-n7c8ccccc8c8ccccc87)cc56)cc34)nc(-c3cccc4c3-c3ccccc3C4(c3ccccc3)c3ccccc3)n2)cc1. The molecule has 4 heterocycles. The Balaban J connectivity index is 0.795. The lowest BCUT2D eigenvalue weighted by atomic mass is 9.67. The number of aromatic nitrogens is 4. The molecule has 4 aromatic heterocycles. The highest BCUT2D eigenvalue weighted by molar-refractivity contribution is 7.25. The number of para-hydroxylation sites is 2. The van der Waals surface area contributed by atoms with Crippen molar-refractivity contribution in [1.82, 2.24) is 19.5 Å². The maximum absolute atomic E-state index is 6.68. The summed E-state index contributed by atoms with van der Waals surface area (Å²) in [5.41, 5.74) is 16.8. The first-order chi connectivity index (χ1) is 37.7. The Morgan fingerprint density at radius 1 is 0.342 bits per heavy atom. The van der Waals surface area contributed by atoms with Gasteiger partial charge in [0, 0.05) is 64.1 Å². The minimum atomic E-state index is -0.555. The van der Waals surface area contributed by atoms with Crippen molar-refractivity contribution in [3.63, 3.8) is 0 Å². The van der Waals surface area contributed by atoms with Crippen molar-refractivity contribution in [2.75, 3.05) is 0 Å². The zero-order valence-electron chi connectivity index (χ0n) is 40.9. The van der Waals surface area contributed by atoms with E-state index in [1.165, 1.54) is 81.0 Å². The summed E-state index contributed by atoms with van der Waals surface area (Å²) in [4.78, 5) is 15.9. The molecule has 0 spiro atoms. The molecule has 6 heteroatoms. The molecule has 76 heavy (non-hydrogen) atoms. The number of thiophene rings is 1. The van der Waals surface area contributed by atoms with Crippen molar-refractivity contribution in [2.45, 2.75) is 5.41 Å². The topological polar surface area (TPSA) is 56.7 Å². The van der Waals surface area contributed by atoms with E-state index in [-0.39, 0.29) is 0 Å². The van der Waals surface area contributed by atoms with Crippen LogP contribution >= 0.6 is 11.3 Å². The highest BCUT2D eigenvalue weighted by atomic mass is 32.1. The predicted molar refractivity (Wildman–Crippen MR) is 313 cm³/mol. The Kier molecular flexibility index (Phi) is 9.35. The number of rotatable bonds is 7. The van der Waals surface area contributed by atoms with Crippen molar-refractivity contribution in [2.24, 2.45) is 0 Å². The highest BCUT2D eigenvalue weighted by Gasteiger charge is 2.47. The Labute approximate surface area is 441 Å². The lowest BCUT2D eigenvalue weighted by Gasteiger charge is -2.33. The van der Waals surface area contributed by atoms with Crippen LogP contribution in [-0.2, 0) is 5.41 Å². The lowest BCUT2D eigenvalue weighted by molar-refractivity contribution is 0.669. The first kappa shape index (κ1) is 42.7. The Morgan fingerprint density at radius 3 is 1.70 bits per heavy atom. The molecule has 0 unspecified atom stereocenters. The molecule has 0 radical (unpaired) electrons. The zero-order valence-corrected chi connectivity index (χ0v) is 41.7. The maximum Gasteiger partial charge on any atom is 0.164 e. The van der Waals surface area contributed by atoms with Gasteiger partial charge in [-0.2, -0.15) is 0 Å². The van der Waals surface area contributed by atoms with E-state index in [9.17, 15) is 0 Å². The highest BCUT2D eigenvalue weighted by Crippen LogP contribution is 2.58. The van der Waals surface area contributed by atoms with Crippen LogP contribution in [0.1, 0.15) is 22.3 Å². The molecule has 1 aliphatic rings. The van der Waals surface area contributed by atoms with E-state index in [2.05, 4.69) is 241 Å². The van der Waals surface area contributed by atoms with E-state index in [0.29, 0.717) is 17.5 Å². The standard InChI is InChI=1S/C70H42N4OS/c1-4-17-43(18-5-1)67-71-68(73-69(72-67)55-26-16-28-59-66(55)54-25-10-13-27-58(54)70(59,47-19-6-2-7-20-47)48-21-8-3-9-22-48)46-32-35-52-56-39-44(33-37-62(56)75-63(52)40-46)45-31-36-53-57-42-49(34-38-64(57)76-65(53)41-45)74-60-29-14-11-23-50(60)51-24-12-15-30-61(51)74/h1-42H. The average molecular weight is 987 g/mol. The first-order valence-corrected chi connectivity index (χ1v) is 26.6. The summed E-state index contributed by atoms with van der Waals surface area (Å²) in [7, 11) is 0. The van der Waals surface area contributed by atoms with E-state index >= 15 is 0 Å². The molecule has 16 rings (SSSR count). The summed E-state index contributed by atoms with van der Waals surface area (Å²) in [6.07, 6.45) is 0. The van der Waals surface area contributed by atoms with Crippen LogP contribution in [0.4, 0.5) is 0 Å². The summed E-state index contributed by atoms with van der Waals surface area (Å²) in [6.45, 7) is 0. The van der Waals surface area contributed by atoms with Crippen LogP contribution in [0.3, 0.4) is 0 Å². The number of benzene rings is 11. The second-order valence-electron chi connectivity index (χ2n) is 19.8. The molecule has 0 atom stereocenters. The molecule has 1 aliphatic carbocycles. The number of fused-ring (bicyclic) bond motifs is 12. The summed E-state index contributed by atoms with van der Waals surface area (Å²) in [6, 6.07) is 91.5. The van der Waals surface area contributed by atoms with Crippen molar-refractivity contribution in [1.29, 1.82) is 0 Å². The molecule has 0 amide bonds. The van der Waals surface area contributed by atoms with E-state index < -0.39 is 5.41 Å². The van der Waals surface area contributed by atoms with Crippen LogP contribution in [0.2, 0.25) is 0 Å². The molecule has 5 nitrogen and oxygen atoms in total. The van der Waals surface area contributed by atoms with Gasteiger partial charge in [0.1, 0.15) is 11.2 Å². The largest absolute Gasteiger partial charge is 0.456 e. The third kappa shape index (κ3) is 6.35. The van der Waals surface area contributed by atoms with Crippen LogP contribution in [0.25, 0.3) is 126 Å². The third-order valence-electron chi connectivity index (χ3n) is 15.7. The minimum absolute atomic E-state index is 0.555. The minimum Gasteiger partial charge on any atom is -0.456 e. The van der Waals surface area contributed by atoms with Crippen molar-refractivity contribution in [3.8, 4) is 62.1 Å². The molecule has 0 fully saturated rings. The van der Waals surface area contributed by atoms with Crippen LogP contribution in [0.15, 0.2) is 259 Å². The van der Waals surface area contributed by atoms with Gasteiger partial charge < -0.3 is 8.98 Å². The lowest BCUT2D eigenvalue weighted by Crippen LogP contribution is -2.28. The second kappa shape index (κ2) is 16.6. The van der Waals surface area contributed by atoms with Gasteiger partial charge in [-0.1, -0.05) is 194 Å². The zero-order chi connectivity index (χ0) is 49.9. The van der Waals surface area contributed by atoms with E-state index in [1.807, 2.05) is 29.5 Å². The van der Waals surface area contributed by atoms with Gasteiger partial charge in [0.15, 0.2) is 17.5 Å². The number of hydrogen-bond acceptors (Lipinski definition) is 5. The first-order valence-electron chi connectivity index (χ1n) is 25.7. The normalized spacial score (nSPS) is 12.8. The summed E-state index contributed by atoms with van der Waals surface area (Å²) in [5, 5.41) is 7.16. The summed E-state index contributed by atoms with van der Waals surface area (Å²) in [5.74, 6) is 1.79. The van der Waals surface area contributed by atoms with Gasteiger partial charge >= 0.3 is 0 Å². The fourth-order valence-electron chi connectivity index (χ4n) is 12.4. The molecular weight excluding hydrogens is 945 g/mol. The van der Waals surface area contributed by atoms with E-state index in [1.54, 1.807) is 0 Å². The third-order valence-corrected chi connectivity index (χ3v) is 16.9. The fourth-order valence-corrected chi connectivity index (χ4v) is 13.5. The quantitative estimate of drug-likeness (QED) is 0.160. The summed E-state index contributed by atoms with van der Waals surface area (Å²) >= 11 is 1.85. The van der Waals surface area contributed by atoms with Gasteiger partial charge in [-0.25, -0.2) is 15.0 Å². The smallest absolute Gasteiger partial charge is 0.164 e. The molecule has 15 aromatic rings. The van der Waals surface area contributed by atoms with Crippen LogP contribution in [0.5, 0.6) is 0 Å². The van der Waals surface area contributed by atoms with Gasteiger partial charge in [0.2, 0.25) is 0 Å². The van der Waals surface area contributed by atoms with Crippen LogP contribution in [0, 0.1) is 0 Å². The number of hydrogen-bond donors (Lipinski definition) is 0. The van der Waals surface area contributed by atoms with E-state index in [4.69, 9.17) is 19.4 Å². The Morgan fingerprint density at radius 2 is 0.934 bits per heavy atom. The Bertz CT molecular complexity index is 4730. The average Bonchev–Trinajstić information content (AvgIpc) is 4.28. The molecule has 0 bridgehead atoms. The van der Waals surface area contributed by atoms with Crippen LogP contribution in [-0.4, -0.2) is 19.5 Å². The molecule has 0 aliphatic heterocycles. The Hall–Kier alpha value is -9.75. The molecule has 0 saturated carbocycles. The molecule has 0 N–H and O–H groups in total. The maximum atomic E-state index is 6.68. The van der Waals surface area contributed by atoms with Crippen molar-refractivity contribution < 1.29 is 4.42 Å². The monoisotopic (exact) mass is 986 g/mol. The van der Waals surface area contributed by atoms with Crippen molar-refractivity contribution in [3.05, 3.63) is 277 Å². The number of furan rings is 1. The van der Waals surface area contributed by atoms with Gasteiger partial charge in [-0.3, -0.25) is 0 Å². The number of nitrogens with zero attached hydrogens (tertiary/aromatic N) is 4. The van der Waals surface area contributed by atoms with Gasteiger partial charge in [-0.05, 0) is 105 Å².